The summed E-state index contributed by atoms with van der Waals surface area (Å²) >= 11 is 2.09. The molecule has 1 fully saturated rings. The molecule has 20 heavy (non-hydrogen) atoms. The van der Waals surface area contributed by atoms with Crippen LogP contribution < -0.4 is 10.1 Å². The molecule has 2 heterocycles. The smallest absolute Gasteiger partial charge is 0.124 e. The zero-order chi connectivity index (χ0) is 13.8. The Labute approximate surface area is 125 Å². The lowest BCUT2D eigenvalue weighted by atomic mass is 10.0. The van der Waals surface area contributed by atoms with Crippen LogP contribution >= 0.6 is 11.8 Å². The minimum Gasteiger partial charge on any atom is -0.492 e. The van der Waals surface area contributed by atoms with Crippen molar-refractivity contribution >= 4 is 11.8 Å². The van der Waals surface area contributed by atoms with Crippen LogP contribution in [0.25, 0.3) is 0 Å². The Morgan fingerprint density at radius 2 is 2.05 bits per heavy atom. The van der Waals surface area contributed by atoms with Crippen molar-refractivity contribution in [2.45, 2.75) is 36.3 Å². The molecule has 0 spiro atoms. The van der Waals surface area contributed by atoms with Crippen molar-refractivity contribution in [1.82, 2.24) is 5.32 Å². The number of thioether (sulfide) groups is 1. The van der Waals surface area contributed by atoms with Gasteiger partial charge in [0.05, 0.1) is 11.3 Å². The fraction of sp³-hybridized carbons (Fsp3) is 0.625. The van der Waals surface area contributed by atoms with Gasteiger partial charge in [0, 0.05) is 24.0 Å². The third-order valence-electron chi connectivity index (χ3n) is 3.99. The number of nitrogens with one attached hydrogen (secondary N) is 1. The van der Waals surface area contributed by atoms with Crippen molar-refractivity contribution in [2.24, 2.45) is 0 Å². The summed E-state index contributed by atoms with van der Waals surface area (Å²) in [5.41, 5.74) is 1.31. The second kappa shape index (κ2) is 6.83. The van der Waals surface area contributed by atoms with Crippen molar-refractivity contribution in [2.75, 3.05) is 26.4 Å². The Hall–Kier alpha value is -0.710. The largest absolute Gasteiger partial charge is 0.492 e. The summed E-state index contributed by atoms with van der Waals surface area (Å²) in [6, 6.07) is 8.83. The van der Waals surface area contributed by atoms with Gasteiger partial charge in [-0.05, 0) is 25.5 Å². The van der Waals surface area contributed by atoms with Crippen molar-refractivity contribution in [3.05, 3.63) is 29.8 Å². The van der Waals surface area contributed by atoms with E-state index < -0.39 is 0 Å². The second-order valence-electron chi connectivity index (χ2n) is 5.37. The summed E-state index contributed by atoms with van der Waals surface area (Å²) in [5, 5.41) is 4.85. The lowest BCUT2D eigenvalue weighted by Gasteiger charge is -2.36. The van der Waals surface area contributed by atoms with Crippen molar-refractivity contribution in [3.8, 4) is 5.75 Å². The van der Waals surface area contributed by atoms with Gasteiger partial charge >= 0.3 is 0 Å². The first-order valence-electron chi connectivity index (χ1n) is 7.56. The Morgan fingerprint density at radius 3 is 2.85 bits per heavy atom. The maximum atomic E-state index is 5.96. The molecular weight excluding hydrogens is 270 g/mol. The number of rotatable bonds is 4. The predicted octanol–water partition coefficient (Wildman–Crippen LogP) is 3.01. The molecule has 0 saturated carbocycles. The van der Waals surface area contributed by atoms with E-state index in [1.165, 1.54) is 18.4 Å². The van der Waals surface area contributed by atoms with Crippen LogP contribution in [0.2, 0.25) is 0 Å². The van der Waals surface area contributed by atoms with Crippen LogP contribution in [-0.4, -0.2) is 36.9 Å². The van der Waals surface area contributed by atoms with Gasteiger partial charge in [-0.2, -0.15) is 0 Å². The number of ether oxygens (including phenoxy) is 2. The number of benzene rings is 1. The van der Waals surface area contributed by atoms with Crippen molar-refractivity contribution < 1.29 is 9.47 Å². The van der Waals surface area contributed by atoms with E-state index in [-0.39, 0.29) is 0 Å². The summed E-state index contributed by atoms with van der Waals surface area (Å²) < 4.78 is 11.4. The Morgan fingerprint density at radius 1 is 1.25 bits per heavy atom. The topological polar surface area (TPSA) is 30.5 Å². The molecule has 1 saturated heterocycles. The van der Waals surface area contributed by atoms with Gasteiger partial charge < -0.3 is 14.8 Å². The van der Waals surface area contributed by atoms with Crippen LogP contribution in [0.4, 0.5) is 0 Å². The minimum atomic E-state index is 0.401. The molecule has 1 aromatic carbocycles. The average Bonchev–Trinajstić information content (AvgIpc) is 2.51. The van der Waals surface area contributed by atoms with E-state index in [0.717, 1.165) is 32.1 Å². The fourth-order valence-electron chi connectivity index (χ4n) is 2.98. The maximum absolute atomic E-state index is 5.96. The minimum absolute atomic E-state index is 0.401. The van der Waals surface area contributed by atoms with Gasteiger partial charge in [0.2, 0.25) is 0 Å². The molecule has 2 atom stereocenters. The SMILES string of the molecule is CCNC1c2ccccc2OCC1SC1CCOCC1. The van der Waals surface area contributed by atoms with E-state index in [2.05, 4.69) is 42.2 Å². The van der Waals surface area contributed by atoms with E-state index in [4.69, 9.17) is 9.47 Å². The molecule has 0 aromatic heterocycles. The summed E-state index contributed by atoms with van der Waals surface area (Å²) in [4.78, 5) is 0. The van der Waals surface area contributed by atoms with Gasteiger partial charge in [-0.1, -0.05) is 25.1 Å². The van der Waals surface area contributed by atoms with Crippen LogP contribution in [0.1, 0.15) is 31.4 Å². The van der Waals surface area contributed by atoms with Gasteiger partial charge in [0.25, 0.3) is 0 Å². The third-order valence-corrected chi connectivity index (χ3v) is 5.60. The molecular formula is C16H23NO2S. The summed E-state index contributed by atoms with van der Waals surface area (Å²) in [6.07, 6.45) is 2.34. The molecule has 0 bridgehead atoms. The van der Waals surface area contributed by atoms with Crippen molar-refractivity contribution in [1.29, 1.82) is 0 Å². The monoisotopic (exact) mass is 293 g/mol. The van der Waals surface area contributed by atoms with Crippen LogP contribution in [0, 0.1) is 0 Å². The van der Waals surface area contributed by atoms with Gasteiger partial charge in [0.1, 0.15) is 12.4 Å². The third kappa shape index (κ3) is 3.13. The van der Waals surface area contributed by atoms with Crippen LogP contribution in [0.5, 0.6) is 5.75 Å². The molecule has 2 aliphatic rings. The Kier molecular flexibility index (Phi) is 4.86. The van der Waals surface area contributed by atoms with Crippen molar-refractivity contribution in [3.63, 3.8) is 0 Å². The predicted molar refractivity (Wildman–Crippen MR) is 83.6 cm³/mol. The van der Waals surface area contributed by atoms with Gasteiger partial charge in [0.15, 0.2) is 0 Å². The van der Waals surface area contributed by atoms with E-state index in [1.54, 1.807) is 0 Å². The van der Waals surface area contributed by atoms with Crippen LogP contribution in [0.3, 0.4) is 0 Å². The molecule has 3 nitrogen and oxygen atoms in total. The van der Waals surface area contributed by atoms with Gasteiger partial charge in [-0.25, -0.2) is 0 Å². The first kappa shape index (κ1) is 14.2. The van der Waals surface area contributed by atoms with Crippen LogP contribution in [-0.2, 0) is 4.74 Å². The Balaban J connectivity index is 1.73. The molecule has 1 N–H and O–H groups in total. The zero-order valence-electron chi connectivity index (χ0n) is 12.0. The number of para-hydroxylation sites is 1. The standard InChI is InChI=1S/C16H23NO2S/c1-2-17-16-13-5-3-4-6-14(13)19-11-15(16)20-12-7-9-18-10-8-12/h3-6,12,15-17H,2,7-11H2,1H3. The molecule has 0 amide bonds. The van der Waals surface area contributed by atoms with Gasteiger partial charge in [-0.3, -0.25) is 0 Å². The first-order chi connectivity index (χ1) is 9.88. The van der Waals surface area contributed by atoms with E-state index in [1.807, 2.05) is 6.07 Å². The first-order valence-corrected chi connectivity index (χ1v) is 8.51. The number of hydrogen-bond acceptors (Lipinski definition) is 4. The normalized spacial score (nSPS) is 26.9. The quantitative estimate of drug-likeness (QED) is 0.924. The summed E-state index contributed by atoms with van der Waals surface area (Å²) in [7, 11) is 0. The highest BCUT2D eigenvalue weighted by Crippen LogP contribution is 2.40. The number of fused-ring (bicyclic) bond motifs is 1. The highest BCUT2D eigenvalue weighted by Gasteiger charge is 2.32. The van der Waals surface area contributed by atoms with E-state index >= 15 is 0 Å². The summed E-state index contributed by atoms with van der Waals surface area (Å²) in [5.74, 6) is 1.04. The Bertz CT molecular complexity index is 434. The second-order valence-corrected chi connectivity index (χ2v) is 6.91. The average molecular weight is 293 g/mol. The lowest BCUT2D eigenvalue weighted by Crippen LogP contribution is -2.39. The molecule has 2 unspecified atom stereocenters. The molecule has 1 aromatic rings. The van der Waals surface area contributed by atoms with Gasteiger partial charge in [-0.15, -0.1) is 11.8 Å². The molecule has 0 aliphatic carbocycles. The lowest BCUT2D eigenvalue weighted by molar-refractivity contribution is 0.0997. The molecule has 0 radical (unpaired) electrons. The molecule has 2 aliphatic heterocycles. The molecule has 110 valence electrons. The van der Waals surface area contributed by atoms with E-state index in [0.29, 0.717) is 16.5 Å². The zero-order valence-corrected chi connectivity index (χ0v) is 12.8. The fourth-order valence-corrected chi connectivity index (χ4v) is 4.48. The highest BCUT2D eigenvalue weighted by atomic mass is 32.2. The molecule has 4 heteroatoms. The highest BCUT2D eigenvalue weighted by molar-refractivity contribution is 8.00. The van der Waals surface area contributed by atoms with Crippen LogP contribution in [0.15, 0.2) is 24.3 Å². The van der Waals surface area contributed by atoms with E-state index in [9.17, 15) is 0 Å². The summed E-state index contributed by atoms with van der Waals surface area (Å²) in [6.45, 7) is 5.79. The number of hydrogen-bond donors (Lipinski definition) is 1. The maximum Gasteiger partial charge on any atom is 0.124 e. The molecule has 3 rings (SSSR count).